The summed E-state index contributed by atoms with van der Waals surface area (Å²) >= 11 is 4.75. The number of carbonyl (C=O) groups excluding carboxylic acids is 1. The highest BCUT2D eigenvalue weighted by Gasteiger charge is 2.14. The summed E-state index contributed by atoms with van der Waals surface area (Å²) in [5.74, 6) is -0.0277. The Bertz CT molecular complexity index is 338. The molecule has 0 aliphatic carbocycles. The van der Waals surface area contributed by atoms with Crippen LogP contribution in [0, 0.1) is 13.8 Å². The number of alkyl halides is 1. The highest BCUT2D eigenvalue weighted by atomic mass is 79.9. The largest absolute Gasteiger partial charge is 0.348 e. The topological polar surface area (TPSA) is 42.0 Å². The highest BCUT2D eigenvalue weighted by Crippen LogP contribution is 2.16. The van der Waals surface area contributed by atoms with E-state index in [2.05, 4.69) is 26.2 Å². The van der Waals surface area contributed by atoms with E-state index in [1.54, 1.807) is 0 Å². The lowest BCUT2D eigenvalue weighted by Crippen LogP contribution is -2.33. The third-order valence-corrected chi connectivity index (χ3v) is 3.76. The summed E-state index contributed by atoms with van der Waals surface area (Å²) in [6, 6.07) is 0.143. The van der Waals surface area contributed by atoms with Gasteiger partial charge in [-0.15, -0.1) is 11.3 Å². The molecule has 0 spiro atoms. The van der Waals surface area contributed by atoms with Crippen LogP contribution in [0.4, 0.5) is 0 Å². The van der Waals surface area contributed by atoms with Crippen molar-refractivity contribution in [1.29, 1.82) is 0 Å². The lowest BCUT2D eigenvalue weighted by atomic mass is 10.3. The number of halogens is 1. The number of aromatic nitrogens is 1. The molecule has 14 heavy (non-hydrogen) atoms. The number of aryl methyl sites for hydroxylation is 2. The first-order chi connectivity index (χ1) is 6.54. The molecule has 1 amide bonds. The average molecular weight is 277 g/mol. The molecule has 1 aromatic rings. The van der Waals surface area contributed by atoms with Gasteiger partial charge in [0.25, 0.3) is 5.91 Å². The fourth-order valence-electron chi connectivity index (χ4n) is 1.07. The number of thiazole rings is 1. The predicted molar refractivity (Wildman–Crippen MR) is 62.3 cm³/mol. The van der Waals surface area contributed by atoms with Gasteiger partial charge in [-0.05, 0) is 20.8 Å². The highest BCUT2D eigenvalue weighted by molar-refractivity contribution is 9.09. The number of amides is 1. The number of nitrogens with one attached hydrogen (secondary N) is 1. The number of hydrogen-bond acceptors (Lipinski definition) is 3. The maximum atomic E-state index is 11.7. The first kappa shape index (κ1) is 11.7. The summed E-state index contributed by atoms with van der Waals surface area (Å²) in [6.07, 6.45) is 0. The SMILES string of the molecule is Cc1nc(C)c(C(=O)NC(C)CBr)s1. The molecular formula is C9H13BrN2OS. The molecule has 0 aliphatic rings. The number of nitrogens with zero attached hydrogens (tertiary/aromatic N) is 1. The molecule has 1 heterocycles. The van der Waals surface area contributed by atoms with Crippen molar-refractivity contribution in [3.8, 4) is 0 Å². The van der Waals surface area contributed by atoms with E-state index in [0.717, 1.165) is 20.9 Å². The van der Waals surface area contributed by atoms with Gasteiger partial charge in [-0.3, -0.25) is 4.79 Å². The minimum Gasteiger partial charge on any atom is -0.348 e. The van der Waals surface area contributed by atoms with Crippen LogP contribution in [-0.2, 0) is 0 Å². The number of hydrogen-bond donors (Lipinski definition) is 1. The van der Waals surface area contributed by atoms with E-state index in [1.165, 1.54) is 11.3 Å². The third-order valence-electron chi connectivity index (χ3n) is 1.72. The maximum absolute atomic E-state index is 11.7. The Hall–Kier alpha value is -0.420. The molecule has 0 aliphatic heterocycles. The summed E-state index contributed by atoms with van der Waals surface area (Å²) < 4.78 is 0. The maximum Gasteiger partial charge on any atom is 0.263 e. The molecule has 0 radical (unpaired) electrons. The van der Waals surface area contributed by atoms with Crippen LogP contribution >= 0.6 is 27.3 Å². The van der Waals surface area contributed by atoms with Crippen molar-refractivity contribution >= 4 is 33.2 Å². The van der Waals surface area contributed by atoms with Gasteiger partial charge in [0.15, 0.2) is 0 Å². The van der Waals surface area contributed by atoms with E-state index < -0.39 is 0 Å². The van der Waals surface area contributed by atoms with E-state index in [-0.39, 0.29) is 11.9 Å². The number of rotatable bonds is 3. The molecule has 0 aromatic carbocycles. The van der Waals surface area contributed by atoms with Gasteiger partial charge in [0.05, 0.1) is 10.7 Å². The zero-order valence-corrected chi connectivity index (χ0v) is 10.8. The Morgan fingerprint density at radius 1 is 1.64 bits per heavy atom. The van der Waals surface area contributed by atoms with Gasteiger partial charge in [-0.2, -0.15) is 0 Å². The van der Waals surface area contributed by atoms with E-state index in [4.69, 9.17) is 0 Å². The lowest BCUT2D eigenvalue weighted by molar-refractivity contribution is 0.0947. The van der Waals surface area contributed by atoms with Crippen LogP contribution in [0.15, 0.2) is 0 Å². The fraction of sp³-hybridized carbons (Fsp3) is 0.556. The summed E-state index contributed by atoms with van der Waals surface area (Å²) in [7, 11) is 0. The van der Waals surface area contributed by atoms with Crippen molar-refractivity contribution in [2.24, 2.45) is 0 Å². The van der Waals surface area contributed by atoms with Gasteiger partial charge in [0.1, 0.15) is 4.88 Å². The van der Waals surface area contributed by atoms with Crippen LogP contribution in [0.2, 0.25) is 0 Å². The smallest absolute Gasteiger partial charge is 0.263 e. The summed E-state index contributed by atoms with van der Waals surface area (Å²) in [5, 5.41) is 4.57. The molecule has 0 saturated heterocycles. The summed E-state index contributed by atoms with van der Waals surface area (Å²) in [5.41, 5.74) is 0.812. The molecule has 1 aromatic heterocycles. The van der Waals surface area contributed by atoms with Crippen LogP contribution in [0.3, 0.4) is 0 Å². The molecule has 0 fully saturated rings. The second kappa shape index (κ2) is 4.89. The van der Waals surface area contributed by atoms with Gasteiger partial charge in [-0.25, -0.2) is 4.98 Å². The number of carbonyl (C=O) groups is 1. The third kappa shape index (κ3) is 2.78. The Balaban J connectivity index is 2.74. The van der Waals surface area contributed by atoms with Crippen LogP contribution in [0.5, 0.6) is 0 Å². The van der Waals surface area contributed by atoms with Crippen molar-refractivity contribution in [3.63, 3.8) is 0 Å². The fourth-order valence-corrected chi connectivity index (χ4v) is 2.05. The Morgan fingerprint density at radius 2 is 2.29 bits per heavy atom. The molecule has 1 N–H and O–H groups in total. The van der Waals surface area contributed by atoms with Crippen molar-refractivity contribution < 1.29 is 4.79 Å². The molecule has 1 rings (SSSR count). The van der Waals surface area contributed by atoms with Crippen molar-refractivity contribution in [3.05, 3.63) is 15.6 Å². The molecule has 1 unspecified atom stereocenters. The van der Waals surface area contributed by atoms with Crippen LogP contribution in [0.1, 0.15) is 27.3 Å². The lowest BCUT2D eigenvalue weighted by Gasteiger charge is -2.09. The molecule has 1 atom stereocenters. The molecule has 0 saturated carbocycles. The Morgan fingerprint density at radius 3 is 2.71 bits per heavy atom. The quantitative estimate of drug-likeness (QED) is 0.861. The van der Waals surface area contributed by atoms with Crippen molar-refractivity contribution in [2.45, 2.75) is 26.8 Å². The van der Waals surface area contributed by atoms with Gasteiger partial charge in [0.2, 0.25) is 0 Å². The average Bonchev–Trinajstić information content (AvgIpc) is 2.45. The van der Waals surface area contributed by atoms with E-state index in [0.29, 0.717) is 0 Å². The molecule has 0 bridgehead atoms. The van der Waals surface area contributed by atoms with Crippen molar-refractivity contribution in [1.82, 2.24) is 10.3 Å². The van der Waals surface area contributed by atoms with E-state index in [9.17, 15) is 4.79 Å². The molecule has 5 heteroatoms. The normalized spacial score (nSPS) is 12.6. The zero-order chi connectivity index (χ0) is 10.7. The second-order valence-electron chi connectivity index (χ2n) is 3.18. The minimum absolute atomic E-state index is 0.0277. The van der Waals surface area contributed by atoms with Crippen LogP contribution in [0.25, 0.3) is 0 Å². The van der Waals surface area contributed by atoms with Gasteiger partial charge >= 0.3 is 0 Å². The van der Waals surface area contributed by atoms with Crippen LogP contribution < -0.4 is 5.32 Å². The Kier molecular flexibility index (Phi) is 4.07. The van der Waals surface area contributed by atoms with E-state index >= 15 is 0 Å². The molecular weight excluding hydrogens is 264 g/mol. The summed E-state index contributed by atoms with van der Waals surface area (Å²) in [6.45, 7) is 5.72. The van der Waals surface area contributed by atoms with Crippen LogP contribution in [-0.4, -0.2) is 22.3 Å². The first-order valence-corrected chi connectivity index (χ1v) is 6.29. The van der Waals surface area contributed by atoms with Crippen molar-refractivity contribution in [2.75, 3.05) is 5.33 Å². The Labute approximate surface area is 96.1 Å². The minimum atomic E-state index is -0.0277. The standard InChI is InChI=1S/C9H13BrN2OS/c1-5(4-10)11-9(13)8-6(2)12-7(3)14-8/h5H,4H2,1-3H3,(H,11,13). The molecule has 3 nitrogen and oxygen atoms in total. The second-order valence-corrected chi connectivity index (χ2v) is 5.03. The van der Waals surface area contributed by atoms with Gasteiger partial charge in [0, 0.05) is 11.4 Å². The van der Waals surface area contributed by atoms with Gasteiger partial charge < -0.3 is 5.32 Å². The van der Waals surface area contributed by atoms with E-state index in [1.807, 2.05) is 20.8 Å². The zero-order valence-electron chi connectivity index (χ0n) is 8.43. The first-order valence-electron chi connectivity index (χ1n) is 4.35. The van der Waals surface area contributed by atoms with Gasteiger partial charge in [-0.1, -0.05) is 15.9 Å². The summed E-state index contributed by atoms with van der Waals surface area (Å²) in [4.78, 5) is 16.6. The monoisotopic (exact) mass is 276 g/mol. The molecule has 78 valence electrons. The predicted octanol–water partition coefficient (Wildman–Crippen LogP) is 2.27.